The highest BCUT2D eigenvalue weighted by molar-refractivity contribution is 5.81. The molecule has 0 radical (unpaired) electrons. The number of likely N-dealkylation sites (N-methyl/N-ethyl adjacent to an activating group) is 1. The second-order valence-corrected chi connectivity index (χ2v) is 4.21. The average molecular weight is 257 g/mol. The summed E-state index contributed by atoms with van der Waals surface area (Å²) < 4.78 is 0. The zero-order valence-electron chi connectivity index (χ0n) is 10.4. The lowest BCUT2D eigenvalue weighted by molar-refractivity contribution is -0.137. The van der Waals surface area contributed by atoms with E-state index in [-0.39, 0.29) is 18.4 Å². The highest BCUT2D eigenvalue weighted by Gasteiger charge is 2.29. The van der Waals surface area contributed by atoms with Gasteiger partial charge >= 0.3 is 12.0 Å². The van der Waals surface area contributed by atoms with E-state index < -0.39 is 12.0 Å². The van der Waals surface area contributed by atoms with Crippen LogP contribution in [0.5, 0.6) is 0 Å². The molecule has 7 heteroatoms. The Labute approximate surface area is 106 Å². The Morgan fingerprint density at radius 2 is 1.83 bits per heavy atom. The van der Waals surface area contributed by atoms with Crippen LogP contribution in [-0.4, -0.2) is 54.1 Å². The fourth-order valence-corrected chi connectivity index (χ4v) is 1.45. The highest BCUT2D eigenvalue weighted by atomic mass is 16.4. The van der Waals surface area contributed by atoms with E-state index in [9.17, 15) is 14.4 Å². The lowest BCUT2D eigenvalue weighted by atomic mass is 10.4. The molecule has 0 aliphatic heterocycles. The molecule has 7 nitrogen and oxygen atoms in total. The second kappa shape index (κ2) is 6.83. The van der Waals surface area contributed by atoms with E-state index >= 15 is 0 Å². The summed E-state index contributed by atoms with van der Waals surface area (Å²) in [6.45, 7) is 2.37. The van der Waals surface area contributed by atoms with Gasteiger partial charge in [0.1, 0.15) is 6.54 Å². The minimum atomic E-state index is -1.05. The summed E-state index contributed by atoms with van der Waals surface area (Å²) in [5.41, 5.74) is 0. The van der Waals surface area contributed by atoms with E-state index in [1.54, 1.807) is 6.92 Å². The maximum atomic E-state index is 11.5. The lowest BCUT2D eigenvalue weighted by Gasteiger charge is -2.19. The van der Waals surface area contributed by atoms with Crippen molar-refractivity contribution >= 4 is 17.9 Å². The van der Waals surface area contributed by atoms with Crippen LogP contribution in [0.2, 0.25) is 0 Å². The number of amides is 3. The van der Waals surface area contributed by atoms with Crippen molar-refractivity contribution in [2.24, 2.45) is 5.92 Å². The Bertz CT molecular complexity index is 328. The van der Waals surface area contributed by atoms with Gasteiger partial charge in [-0.2, -0.15) is 0 Å². The standard InChI is InChI=1S/C11H19N3O4/c1-2-14(7-9(15)16)11(18)13-6-5-12-10(17)8-3-4-8/h8H,2-7H2,1H3,(H,12,17)(H,13,18)(H,15,16). The van der Waals surface area contributed by atoms with Crippen molar-refractivity contribution in [3.63, 3.8) is 0 Å². The molecular formula is C11H19N3O4. The third kappa shape index (κ3) is 5.03. The molecule has 1 saturated carbocycles. The first-order valence-corrected chi connectivity index (χ1v) is 6.06. The summed E-state index contributed by atoms with van der Waals surface area (Å²) in [6, 6.07) is -0.430. The molecule has 0 aromatic rings. The molecule has 3 amide bonds. The number of carboxylic acid groups (broad SMARTS) is 1. The second-order valence-electron chi connectivity index (χ2n) is 4.21. The molecule has 3 N–H and O–H groups in total. The Balaban J connectivity index is 2.14. The SMILES string of the molecule is CCN(CC(=O)O)C(=O)NCCNC(=O)C1CC1. The number of aliphatic carboxylic acids is 1. The van der Waals surface area contributed by atoms with Gasteiger partial charge in [0.15, 0.2) is 0 Å². The van der Waals surface area contributed by atoms with E-state index in [2.05, 4.69) is 10.6 Å². The largest absolute Gasteiger partial charge is 0.480 e. The number of nitrogens with one attached hydrogen (secondary N) is 2. The fourth-order valence-electron chi connectivity index (χ4n) is 1.45. The Hall–Kier alpha value is -1.79. The normalized spacial score (nSPS) is 13.8. The third-order valence-electron chi connectivity index (χ3n) is 2.64. The van der Waals surface area contributed by atoms with Crippen LogP contribution in [0.1, 0.15) is 19.8 Å². The number of carbonyl (C=O) groups excluding carboxylic acids is 2. The Kier molecular flexibility index (Phi) is 5.41. The van der Waals surface area contributed by atoms with Crippen LogP contribution in [0.15, 0.2) is 0 Å². The first kappa shape index (κ1) is 14.3. The van der Waals surface area contributed by atoms with E-state index in [0.29, 0.717) is 19.6 Å². The third-order valence-corrected chi connectivity index (χ3v) is 2.64. The van der Waals surface area contributed by atoms with Crippen LogP contribution in [0, 0.1) is 5.92 Å². The molecule has 0 aromatic heterocycles. The smallest absolute Gasteiger partial charge is 0.323 e. The number of nitrogens with zero attached hydrogens (tertiary/aromatic N) is 1. The number of urea groups is 1. The number of hydrogen-bond acceptors (Lipinski definition) is 3. The van der Waals surface area contributed by atoms with Crippen molar-refractivity contribution in [1.82, 2.24) is 15.5 Å². The molecule has 0 aromatic carbocycles. The predicted molar refractivity (Wildman–Crippen MR) is 64.0 cm³/mol. The Morgan fingerprint density at radius 1 is 1.22 bits per heavy atom. The zero-order chi connectivity index (χ0) is 13.5. The lowest BCUT2D eigenvalue weighted by Crippen LogP contribution is -2.45. The molecule has 0 heterocycles. The maximum absolute atomic E-state index is 11.5. The molecular weight excluding hydrogens is 238 g/mol. The number of hydrogen-bond donors (Lipinski definition) is 3. The van der Waals surface area contributed by atoms with Crippen LogP contribution < -0.4 is 10.6 Å². The van der Waals surface area contributed by atoms with Crippen molar-refractivity contribution in [2.45, 2.75) is 19.8 Å². The zero-order valence-corrected chi connectivity index (χ0v) is 10.4. The molecule has 0 saturated heterocycles. The highest BCUT2D eigenvalue weighted by Crippen LogP contribution is 2.28. The number of carbonyl (C=O) groups is 3. The van der Waals surface area contributed by atoms with Gasteiger partial charge in [-0.15, -0.1) is 0 Å². The van der Waals surface area contributed by atoms with E-state index in [0.717, 1.165) is 12.8 Å². The van der Waals surface area contributed by atoms with E-state index in [1.165, 1.54) is 4.90 Å². The summed E-state index contributed by atoms with van der Waals surface area (Å²) in [5, 5.41) is 13.9. The van der Waals surface area contributed by atoms with Crippen molar-refractivity contribution in [1.29, 1.82) is 0 Å². The van der Waals surface area contributed by atoms with Gasteiger partial charge in [-0.1, -0.05) is 0 Å². The van der Waals surface area contributed by atoms with Gasteiger partial charge in [-0.05, 0) is 19.8 Å². The van der Waals surface area contributed by atoms with Crippen LogP contribution in [0.25, 0.3) is 0 Å². The fraction of sp³-hybridized carbons (Fsp3) is 0.727. The molecule has 18 heavy (non-hydrogen) atoms. The van der Waals surface area contributed by atoms with Gasteiger partial charge in [0, 0.05) is 25.6 Å². The molecule has 1 fully saturated rings. The quantitative estimate of drug-likeness (QED) is 0.542. The minimum Gasteiger partial charge on any atom is -0.480 e. The average Bonchev–Trinajstić information content (AvgIpc) is 3.14. The number of carboxylic acids is 1. The van der Waals surface area contributed by atoms with Gasteiger partial charge in [-0.25, -0.2) is 4.79 Å². The van der Waals surface area contributed by atoms with Gasteiger partial charge in [0.2, 0.25) is 5.91 Å². The van der Waals surface area contributed by atoms with Crippen molar-refractivity contribution in [2.75, 3.05) is 26.2 Å². The van der Waals surface area contributed by atoms with E-state index in [1.807, 2.05) is 0 Å². The molecule has 1 aliphatic carbocycles. The summed E-state index contributed by atoms with van der Waals surface area (Å²) >= 11 is 0. The molecule has 1 aliphatic rings. The van der Waals surface area contributed by atoms with E-state index in [4.69, 9.17) is 5.11 Å². The van der Waals surface area contributed by atoms with Crippen molar-refractivity contribution in [3.05, 3.63) is 0 Å². The summed E-state index contributed by atoms with van der Waals surface area (Å²) in [7, 11) is 0. The molecule has 0 atom stereocenters. The van der Waals surface area contributed by atoms with Crippen molar-refractivity contribution < 1.29 is 19.5 Å². The molecule has 0 spiro atoms. The monoisotopic (exact) mass is 257 g/mol. The minimum absolute atomic E-state index is 0.0298. The van der Waals surface area contributed by atoms with Gasteiger partial charge < -0.3 is 20.6 Å². The molecule has 1 rings (SSSR count). The predicted octanol–water partition coefficient (Wildman–Crippen LogP) is -0.371. The summed E-state index contributed by atoms with van der Waals surface area (Å²) in [4.78, 5) is 34.5. The van der Waals surface area contributed by atoms with Gasteiger partial charge in [0.05, 0.1) is 0 Å². The van der Waals surface area contributed by atoms with Crippen LogP contribution >= 0.6 is 0 Å². The Morgan fingerprint density at radius 3 is 2.33 bits per heavy atom. The molecule has 0 unspecified atom stereocenters. The molecule has 102 valence electrons. The van der Waals surface area contributed by atoms with Crippen LogP contribution in [0.4, 0.5) is 4.79 Å². The first-order chi connectivity index (χ1) is 8.54. The maximum Gasteiger partial charge on any atom is 0.323 e. The first-order valence-electron chi connectivity index (χ1n) is 6.06. The molecule has 0 bridgehead atoms. The van der Waals surface area contributed by atoms with Crippen LogP contribution in [0.3, 0.4) is 0 Å². The van der Waals surface area contributed by atoms with Gasteiger partial charge in [0.25, 0.3) is 0 Å². The topological polar surface area (TPSA) is 98.7 Å². The van der Waals surface area contributed by atoms with Crippen LogP contribution in [-0.2, 0) is 9.59 Å². The van der Waals surface area contributed by atoms with Crippen molar-refractivity contribution in [3.8, 4) is 0 Å². The summed E-state index contributed by atoms with van der Waals surface area (Å²) in [5.74, 6) is -0.865. The van der Waals surface area contributed by atoms with Gasteiger partial charge in [-0.3, -0.25) is 9.59 Å². The summed E-state index contributed by atoms with van der Waals surface area (Å²) in [6.07, 6.45) is 1.89. The number of rotatable bonds is 7.